The van der Waals surface area contributed by atoms with Crippen LogP contribution in [0, 0.1) is 46.6 Å². The van der Waals surface area contributed by atoms with E-state index in [1.54, 1.807) is 6.07 Å². The maximum atomic E-state index is 13.7. The lowest BCUT2D eigenvalue weighted by Crippen LogP contribution is -2.45. The molecule has 4 fully saturated rings. The normalized spacial score (nSPS) is 37.6. The lowest BCUT2D eigenvalue weighted by Gasteiger charge is -2.54. The lowest BCUT2D eigenvalue weighted by atomic mass is 9.50. The van der Waals surface area contributed by atoms with E-state index in [0.29, 0.717) is 0 Å². The molecular formula is C18H18F2. The molecule has 0 radical (unpaired) electrons. The summed E-state index contributed by atoms with van der Waals surface area (Å²) in [5.41, 5.74) is 0.300. The summed E-state index contributed by atoms with van der Waals surface area (Å²) in [6.07, 6.45) is 7.62. The van der Waals surface area contributed by atoms with Gasteiger partial charge in [0.2, 0.25) is 0 Å². The van der Waals surface area contributed by atoms with Gasteiger partial charge in [-0.25, -0.2) is 8.78 Å². The SMILES string of the molecule is Fc1cccc(C#CC23CC4CC(CC(C4)C2)C3)c1F. The fourth-order valence-corrected chi connectivity index (χ4v) is 5.06. The summed E-state index contributed by atoms with van der Waals surface area (Å²) in [4.78, 5) is 0. The molecule has 0 nitrogen and oxygen atoms in total. The van der Waals surface area contributed by atoms with E-state index in [-0.39, 0.29) is 11.0 Å². The predicted octanol–water partition coefficient (Wildman–Crippen LogP) is 4.53. The first-order chi connectivity index (χ1) is 9.63. The van der Waals surface area contributed by atoms with Gasteiger partial charge in [0.05, 0.1) is 5.56 Å². The minimum absolute atomic E-state index is 0.0908. The van der Waals surface area contributed by atoms with Crippen molar-refractivity contribution in [2.24, 2.45) is 23.2 Å². The van der Waals surface area contributed by atoms with E-state index in [2.05, 4.69) is 11.8 Å². The molecule has 1 aromatic rings. The molecule has 0 unspecified atom stereocenters. The Balaban J connectivity index is 1.66. The summed E-state index contributed by atoms with van der Waals surface area (Å²) in [5, 5.41) is 0. The van der Waals surface area contributed by atoms with Gasteiger partial charge in [0.1, 0.15) is 0 Å². The Morgan fingerprint density at radius 2 is 1.55 bits per heavy atom. The molecule has 5 rings (SSSR count). The van der Waals surface area contributed by atoms with Crippen LogP contribution in [0.5, 0.6) is 0 Å². The summed E-state index contributed by atoms with van der Waals surface area (Å²) in [6, 6.07) is 4.25. The van der Waals surface area contributed by atoms with Gasteiger partial charge in [-0.05, 0) is 68.4 Å². The van der Waals surface area contributed by atoms with Gasteiger partial charge in [-0.2, -0.15) is 0 Å². The van der Waals surface area contributed by atoms with Crippen LogP contribution in [0.15, 0.2) is 18.2 Å². The number of halogens is 2. The smallest absolute Gasteiger partial charge is 0.174 e. The van der Waals surface area contributed by atoms with Gasteiger partial charge in [-0.3, -0.25) is 0 Å². The van der Waals surface area contributed by atoms with Crippen LogP contribution in [0.25, 0.3) is 0 Å². The third-order valence-corrected chi connectivity index (χ3v) is 5.45. The van der Waals surface area contributed by atoms with Gasteiger partial charge in [0, 0.05) is 5.41 Å². The van der Waals surface area contributed by atoms with E-state index in [4.69, 9.17) is 0 Å². The quantitative estimate of drug-likeness (QED) is 0.609. The third kappa shape index (κ3) is 1.95. The van der Waals surface area contributed by atoms with Crippen molar-refractivity contribution in [3.05, 3.63) is 35.4 Å². The van der Waals surface area contributed by atoms with E-state index < -0.39 is 11.6 Å². The van der Waals surface area contributed by atoms with Crippen molar-refractivity contribution in [1.29, 1.82) is 0 Å². The average Bonchev–Trinajstić information content (AvgIpc) is 2.39. The van der Waals surface area contributed by atoms with E-state index >= 15 is 0 Å². The molecule has 0 N–H and O–H groups in total. The molecule has 4 aliphatic rings. The maximum absolute atomic E-state index is 13.7. The van der Waals surface area contributed by atoms with Crippen molar-refractivity contribution < 1.29 is 8.78 Å². The molecule has 0 heterocycles. The molecule has 2 heteroatoms. The molecule has 104 valence electrons. The number of hydrogen-bond donors (Lipinski definition) is 0. The minimum Gasteiger partial charge on any atom is -0.204 e. The molecule has 0 amide bonds. The highest BCUT2D eigenvalue weighted by molar-refractivity contribution is 5.38. The van der Waals surface area contributed by atoms with E-state index in [1.165, 1.54) is 44.6 Å². The summed E-state index contributed by atoms with van der Waals surface area (Å²) >= 11 is 0. The summed E-state index contributed by atoms with van der Waals surface area (Å²) in [7, 11) is 0. The third-order valence-electron chi connectivity index (χ3n) is 5.45. The zero-order chi connectivity index (χ0) is 13.7. The van der Waals surface area contributed by atoms with Crippen molar-refractivity contribution in [2.45, 2.75) is 38.5 Å². The molecule has 0 atom stereocenters. The first-order valence-electron chi connectivity index (χ1n) is 7.61. The number of hydrogen-bond acceptors (Lipinski definition) is 0. The van der Waals surface area contributed by atoms with Gasteiger partial charge >= 0.3 is 0 Å². The maximum Gasteiger partial charge on any atom is 0.174 e. The first-order valence-corrected chi connectivity index (χ1v) is 7.61. The Bertz CT molecular complexity index is 570. The standard InChI is InChI=1S/C18H18F2/c19-16-3-1-2-15(17(16)20)4-5-18-9-12-6-13(10-18)8-14(7-12)11-18/h1-3,12-14H,6-11H2. The summed E-state index contributed by atoms with van der Waals surface area (Å²) in [6.45, 7) is 0. The van der Waals surface area contributed by atoms with Crippen LogP contribution in [0.3, 0.4) is 0 Å². The first kappa shape index (κ1) is 12.4. The molecule has 0 saturated heterocycles. The molecule has 4 bridgehead atoms. The second-order valence-electron chi connectivity index (χ2n) is 7.05. The fraction of sp³-hybridized carbons (Fsp3) is 0.556. The van der Waals surface area contributed by atoms with Crippen LogP contribution < -0.4 is 0 Å². The van der Waals surface area contributed by atoms with Gasteiger partial charge in [-0.1, -0.05) is 17.9 Å². The topological polar surface area (TPSA) is 0 Å². The van der Waals surface area contributed by atoms with Crippen LogP contribution >= 0.6 is 0 Å². The molecule has 4 saturated carbocycles. The van der Waals surface area contributed by atoms with Gasteiger partial charge in [-0.15, -0.1) is 0 Å². The molecule has 0 aliphatic heterocycles. The monoisotopic (exact) mass is 272 g/mol. The Kier molecular flexibility index (Phi) is 2.67. The van der Waals surface area contributed by atoms with Crippen LogP contribution in [0.2, 0.25) is 0 Å². The van der Waals surface area contributed by atoms with Crippen molar-refractivity contribution in [2.75, 3.05) is 0 Å². The van der Waals surface area contributed by atoms with Crippen LogP contribution in [0.1, 0.15) is 44.1 Å². The molecule has 4 aliphatic carbocycles. The predicted molar refractivity (Wildman–Crippen MR) is 73.8 cm³/mol. The van der Waals surface area contributed by atoms with Crippen molar-refractivity contribution in [3.8, 4) is 11.8 Å². The van der Waals surface area contributed by atoms with Crippen molar-refractivity contribution in [3.63, 3.8) is 0 Å². The Morgan fingerprint density at radius 3 is 2.15 bits per heavy atom. The zero-order valence-electron chi connectivity index (χ0n) is 11.5. The Labute approximate surface area is 118 Å². The molecular weight excluding hydrogens is 254 g/mol. The molecule has 1 aromatic carbocycles. The number of benzene rings is 1. The fourth-order valence-electron chi connectivity index (χ4n) is 5.06. The zero-order valence-corrected chi connectivity index (χ0v) is 11.5. The molecule has 20 heavy (non-hydrogen) atoms. The second kappa shape index (κ2) is 4.32. The van der Waals surface area contributed by atoms with Crippen LogP contribution in [0.4, 0.5) is 8.78 Å². The summed E-state index contributed by atoms with van der Waals surface area (Å²) < 4.78 is 26.9. The molecule has 0 spiro atoms. The highest BCUT2D eigenvalue weighted by Crippen LogP contribution is 2.59. The van der Waals surface area contributed by atoms with Crippen molar-refractivity contribution in [1.82, 2.24) is 0 Å². The van der Waals surface area contributed by atoms with Gasteiger partial charge in [0.25, 0.3) is 0 Å². The highest BCUT2D eigenvalue weighted by atomic mass is 19.2. The Hall–Kier alpha value is -1.36. The number of rotatable bonds is 0. The average molecular weight is 272 g/mol. The van der Waals surface area contributed by atoms with E-state index in [0.717, 1.165) is 23.8 Å². The lowest BCUT2D eigenvalue weighted by molar-refractivity contribution is -0.0181. The highest BCUT2D eigenvalue weighted by Gasteiger charge is 2.50. The van der Waals surface area contributed by atoms with Gasteiger partial charge < -0.3 is 0 Å². The Morgan fingerprint density at radius 1 is 0.950 bits per heavy atom. The van der Waals surface area contributed by atoms with Crippen molar-refractivity contribution >= 4 is 0 Å². The second-order valence-corrected chi connectivity index (χ2v) is 7.05. The van der Waals surface area contributed by atoms with E-state index in [1.807, 2.05) is 0 Å². The minimum atomic E-state index is -0.803. The van der Waals surface area contributed by atoms with E-state index in [9.17, 15) is 8.78 Å². The molecule has 0 aromatic heterocycles. The van der Waals surface area contributed by atoms with Gasteiger partial charge in [0.15, 0.2) is 11.6 Å². The largest absolute Gasteiger partial charge is 0.204 e. The van der Waals surface area contributed by atoms with Crippen LogP contribution in [-0.2, 0) is 0 Å². The summed E-state index contributed by atoms with van der Waals surface area (Å²) in [5.74, 6) is 7.18. The van der Waals surface area contributed by atoms with Crippen LogP contribution in [-0.4, -0.2) is 0 Å².